The first kappa shape index (κ1) is 17.6. The molecule has 0 bridgehead atoms. The van der Waals surface area contributed by atoms with Crippen molar-refractivity contribution in [2.45, 2.75) is 13.5 Å². The SMILES string of the molecule is CCn1c2ccccc2c2cc(NC(=O)/C(C#N)=C/c3ccccc3)ccc21. The number of aryl methyl sites for hydroxylation is 1. The number of anilines is 1. The second kappa shape index (κ2) is 7.42. The quantitative estimate of drug-likeness (QED) is 0.391. The van der Waals surface area contributed by atoms with Gasteiger partial charge in [0, 0.05) is 34.0 Å². The molecule has 0 aliphatic carbocycles. The first-order valence-corrected chi connectivity index (χ1v) is 9.20. The highest BCUT2D eigenvalue weighted by atomic mass is 16.1. The van der Waals surface area contributed by atoms with Gasteiger partial charge in [0.25, 0.3) is 5.91 Å². The summed E-state index contributed by atoms with van der Waals surface area (Å²) in [5, 5.41) is 14.5. The van der Waals surface area contributed by atoms with Gasteiger partial charge in [0.2, 0.25) is 0 Å². The van der Waals surface area contributed by atoms with E-state index in [0.717, 1.165) is 28.4 Å². The van der Waals surface area contributed by atoms with Gasteiger partial charge in [-0.15, -0.1) is 0 Å². The van der Waals surface area contributed by atoms with Crippen LogP contribution >= 0.6 is 0 Å². The van der Waals surface area contributed by atoms with Crippen LogP contribution in [0.2, 0.25) is 0 Å². The van der Waals surface area contributed by atoms with E-state index in [0.29, 0.717) is 5.69 Å². The van der Waals surface area contributed by atoms with Gasteiger partial charge in [-0.1, -0.05) is 48.5 Å². The van der Waals surface area contributed by atoms with E-state index in [1.165, 1.54) is 5.52 Å². The van der Waals surface area contributed by atoms with E-state index in [2.05, 4.69) is 28.9 Å². The fourth-order valence-corrected chi connectivity index (χ4v) is 3.54. The molecule has 136 valence electrons. The molecule has 1 heterocycles. The molecule has 0 aliphatic rings. The van der Waals surface area contributed by atoms with Crippen molar-refractivity contribution in [3.8, 4) is 6.07 Å². The molecule has 1 aromatic heterocycles. The first-order valence-electron chi connectivity index (χ1n) is 9.20. The van der Waals surface area contributed by atoms with E-state index in [4.69, 9.17) is 0 Å². The number of hydrogen-bond acceptors (Lipinski definition) is 2. The van der Waals surface area contributed by atoms with E-state index in [1.807, 2.05) is 66.7 Å². The number of nitrogens with zero attached hydrogens (tertiary/aromatic N) is 2. The zero-order chi connectivity index (χ0) is 19.5. The van der Waals surface area contributed by atoms with Crippen molar-refractivity contribution >= 4 is 39.5 Å². The number of aromatic nitrogens is 1. The number of nitriles is 1. The molecule has 0 atom stereocenters. The predicted octanol–water partition coefficient (Wildman–Crippen LogP) is 5.36. The summed E-state index contributed by atoms with van der Waals surface area (Å²) >= 11 is 0. The van der Waals surface area contributed by atoms with Gasteiger partial charge in [0.1, 0.15) is 11.6 Å². The highest BCUT2D eigenvalue weighted by molar-refractivity contribution is 6.13. The van der Waals surface area contributed by atoms with Crippen LogP contribution in [0.1, 0.15) is 12.5 Å². The van der Waals surface area contributed by atoms with Crippen LogP contribution in [-0.2, 0) is 11.3 Å². The first-order chi connectivity index (χ1) is 13.7. The molecule has 0 aliphatic heterocycles. The number of hydrogen-bond donors (Lipinski definition) is 1. The molecule has 0 saturated carbocycles. The molecule has 3 aromatic carbocycles. The molecule has 1 N–H and O–H groups in total. The lowest BCUT2D eigenvalue weighted by atomic mass is 10.1. The van der Waals surface area contributed by atoms with Gasteiger partial charge < -0.3 is 9.88 Å². The largest absolute Gasteiger partial charge is 0.341 e. The fourth-order valence-electron chi connectivity index (χ4n) is 3.54. The fraction of sp³-hybridized carbons (Fsp3) is 0.0833. The lowest BCUT2D eigenvalue weighted by Crippen LogP contribution is -2.13. The molecule has 0 radical (unpaired) electrons. The zero-order valence-corrected chi connectivity index (χ0v) is 15.5. The second-order valence-electron chi connectivity index (χ2n) is 6.53. The molecular formula is C24H19N3O. The number of rotatable bonds is 4. The highest BCUT2D eigenvalue weighted by Gasteiger charge is 2.13. The van der Waals surface area contributed by atoms with Crippen molar-refractivity contribution in [1.29, 1.82) is 5.26 Å². The van der Waals surface area contributed by atoms with Crippen LogP contribution < -0.4 is 5.32 Å². The van der Waals surface area contributed by atoms with Crippen molar-refractivity contribution in [3.05, 3.63) is 83.9 Å². The third-order valence-corrected chi connectivity index (χ3v) is 4.82. The molecule has 0 spiro atoms. The molecule has 4 nitrogen and oxygen atoms in total. The minimum absolute atomic E-state index is 0.0716. The maximum atomic E-state index is 12.6. The van der Waals surface area contributed by atoms with Crippen molar-refractivity contribution < 1.29 is 4.79 Å². The van der Waals surface area contributed by atoms with Crippen molar-refractivity contribution in [3.63, 3.8) is 0 Å². The molecule has 4 aromatic rings. The normalized spacial score (nSPS) is 11.5. The van der Waals surface area contributed by atoms with Gasteiger partial charge >= 0.3 is 0 Å². The average molecular weight is 365 g/mol. The third-order valence-electron chi connectivity index (χ3n) is 4.82. The second-order valence-corrected chi connectivity index (χ2v) is 6.53. The summed E-state index contributed by atoms with van der Waals surface area (Å²) in [4.78, 5) is 12.6. The van der Waals surface area contributed by atoms with Gasteiger partial charge in [-0.3, -0.25) is 4.79 Å². The Morgan fingerprint density at radius 2 is 1.71 bits per heavy atom. The maximum absolute atomic E-state index is 12.6. The van der Waals surface area contributed by atoms with Crippen LogP contribution in [0.15, 0.2) is 78.4 Å². The molecule has 28 heavy (non-hydrogen) atoms. The topological polar surface area (TPSA) is 57.8 Å². The summed E-state index contributed by atoms with van der Waals surface area (Å²) in [7, 11) is 0. The van der Waals surface area contributed by atoms with E-state index in [-0.39, 0.29) is 5.57 Å². The standard InChI is InChI=1S/C24H19N3O/c1-2-27-22-11-7-6-10-20(22)21-15-19(12-13-23(21)27)26-24(28)18(16-25)14-17-8-4-3-5-9-17/h3-15H,2H2,1H3,(H,26,28)/b18-14+. The highest BCUT2D eigenvalue weighted by Crippen LogP contribution is 2.31. The molecule has 0 unspecified atom stereocenters. The Morgan fingerprint density at radius 1 is 1.00 bits per heavy atom. The van der Waals surface area contributed by atoms with Gasteiger partial charge in [0.15, 0.2) is 0 Å². The number of carbonyl (C=O) groups excluding carboxylic acids is 1. The van der Waals surface area contributed by atoms with Crippen LogP contribution in [0.25, 0.3) is 27.9 Å². The van der Waals surface area contributed by atoms with Gasteiger partial charge in [0.05, 0.1) is 0 Å². The molecule has 4 heteroatoms. The van der Waals surface area contributed by atoms with E-state index >= 15 is 0 Å². The zero-order valence-electron chi connectivity index (χ0n) is 15.5. The number of benzene rings is 3. The Labute approximate surface area is 163 Å². The Kier molecular flexibility index (Phi) is 4.65. The average Bonchev–Trinajstić information content (AvgIpc) is 3.05. The summed E-state index contributed by atoms with van der Waals surface area (Å²) in [5.41, 5.74) is 3.86. The smallest absolute Gasteiger partial charge is 0.266 e. The Balaban J connectivity index is 1.70. The summed E-state index contributed by atoms with van der Waals surface area (Å²) in [6.45, 7) is 2.99. The summed E-state index contributed by atoms with van der Waals surface area (Å²) in [6.07, 6.45) is 1.59. The molecule has 0 fully saturated rings. The Hall–Kier alpha value is -3.84. The van der Waals surface area contributed by atoms with Crippen molar-refractivity contribution in [2.75, 3.05) is 5.32 Å². The maximum Gasteiger partial charge on any atom is 0.266 e. The predicted molar refractivity (Wildman–Crippen MR) is 114 cm³/mol. The Morgan fingerprint density at radius 3 is 2.46 bits per heavy atom. The van der Waals surface area contributed by atoms with Gasteiger partial charge in [-0.05, 0) is 42.8 Å². The third kappa shape index (κ3) is 3.15. The van der Waals surface area contributed by atoms with Crippen LogP contribution in [0.3, 0.4) is 0 Å². The summed E-state index contributed by atoms with van der Waals surface area (Å²) < 4.78 is 2.26. The molecule has 4 rings (SSSR count). The monoisotopic (exact) mass is 365 g/mol. The van der Waals surface area contributed by atoms with Gasteiger partial charge in [-0.2, -0.15) is 5.26 Å². The van der Waals surface area contributed by atoms with Crippen molar-refractivity contribution in [1.82, 2.24) is 4.57 Å². The minimum atomic E-state index is -0.412. The Bertz CT molecular complexity index is 1240. The van der Waals surface area contributed by atoms with Gasteiger partial charge in [-0.25, -0.2) is 0 Å². The lowest BCUT2D eigenvalue weighted by Gasteiger charge is -2.06. The van der Waals surface area contributed by atoms with Crippen LogP contribution in [0.5, 0.6) is 0 Å². The number of nitrogens with one attached hydrogen (secondary N) is 1. The van der Waals surface area contributed by atoms with E-state index in [9.17, 15) is 10.1 Å². The summed E-state index contributed by atoms with van der Waals surface area (Å²) in [5.74, 6) is -0.412. The van der Waals surface area contributed by atoms with Crippen LogP contribution in [-0.4, -0.2) is 10.5 Å². The van der Waals surface area contributed by atoms with Crippen LogP contribution in [0, 0.1) is 11.3 Å². The number of para-hydroxylation sites is 1. The molecular weight excluding hydrogens is 346 g/mol. The van der Waals surface area contributed by atoms with E-state index < -0.39 is 5.91 Å². The molecule has 0 saturated heterocycles. The number of amides is 1. The summed E-state index contributed by atoms with van der Waals surface area (Å²) in [6, 6.07) is 25.5. The van der Waals surface area contributed by atoms with Crippen molar-refractivity contribution in [2.24, 2.45) is 0 Å². The lowest BCUT2D eigenvalue weighted by molar-refractivity contribution is -0.112. The number of carbonyl (C=O) groups is 1. The van der Waals surface area contributed by atoms with Crippen LogP contribution in [0.4, 0.5) is 5.69 Å². The number of fused-ring (bicyclic) bond motifs is 3. The van der Waals surface area contributed by atoms with E-state index in [1.54, 1.807) is 6.08 Å². The molecule has 1 amide bonds. The minimum Gasteiger partial charge on any atom is -0.341 e.